The number of nitriles is 1. The maximum atomic E-state index is 13.7. The highest BCUT2D eigenvalue weighted by molar-refractivity contribution is 6.03. The molecule has 1 fully saturated rings. The van der Waals surface area contributed by atoms with E-state index in [4.69, 9.17) is 0 Å². The van der Waals surface area contributed by atoms with Crippen molar-refractivity contribution in [3.63, 3.8) is 0 Å². The van der Waals surface area contributed by atoms with E-state index in [0.717, 1.165) is 33.9 Å². The Morgan fingerprint density at radius 1 is 0.750 bits per heavy atom. The highest BCUT2D eigenvalue weighted by Crippen LogP contribution is 2.37. The molecule has 1 aliphatic heterocycles. The van der Waals surface area contributed by atoms with Crippen molar-refractivity contribution in [1.29, 1.82) is 5.26 Å². The van der Waals surface area contributed by atoms with Gasteiger partial charge in [-0.3, -0.25) is 14.9 Å². The standard InChI is InChI=1S/C36H29N5O3/c37-26-30(36(42)39-22-20-38(21-23-39)31-14-8-3-9-15-31)24-29-25-34(27-10-4-1-5-11-27)40(35(29)28-12-6-2-7-13-28)32-16-18-33(19-17-32)41(43)44/h1-19,24-25H,20-23H2/b30-24+. The van der Waals surface area contributed by atoms with Crippen LogP contribution in [0.5, 0.6) is 0 Å². The monoisotopic (exact) mass is 579 g/mol. The zero-order valence-corrected chi connectivity index (χ0v) is 23.9. The lowest BCUT2D eigenvalue weighted by Gasteiger charge is -2.36. The first-order valence-electron chi connectivity index (χ1n) is 14.4. The minimum absolute atomic E-state index is 0.00623. The fourth-order valence-corrected chi connectivity index (χ4v) is 5.62. The Morgan fingerprint density at radius 3 is 1.89 bits per heavy atom. The molecule has 44 heavy (non-hydrogen) atoms. The van der Waals surface area contributed by atoms with E-state index in [0.29, 0.717) is 31.7 Å². The predicted molar refractivity (Wildman–Crippen MR) is 172 cm³/mol. The molecule has 216 valence electrons. The molecule has 5 aromatic rings. The van der Waals surface area contributed by atoms with Crippen molar-refractivity contribution in [2.45, 2.75) is 0 Å². The number of rotatable bonds is 7. The number of para-hydroxylation sites is 1. The van der Waals surface area contributed by atoms with Gasteiger partial charge < -0.3 is 14.4 Å². The second-order valence-corrected chi connectivity index (χ2v) is 10.5. The second-order valence-electron chi connectivity index (χ2n) is 10.5. The molecule has 4 aromatic carbocycles. The van der Waals surface area contributed by atoms with E-state index < -0.39 is 4.92 Å². The van der Waals surface area contributed by atoms with Crippen molar-refractivity contribution in [3.05, 3.63) is 143 Å². The first-order valence-corrected chi connectivity index (χ1v) is 14.4. The summed E-state index contributed by atoms with van der Waals surface area (Å²) in [5.74, 6) is -0.302. The third-order valence-corrected chi connectivity index (χ3v) is 7.80. The lowest BCUT2D eigenvalue weighted by atomic mass is 10.0. The van der Waals surface area contributed by atoms with Gasteiger partial charge in [0.05, 0.1) is 16.3 Å². The first kappa shape index (κ1) is 28.2. The molecular weight excluding hydrogens is 550 g/mol. The number of benzene rings is 4. The van der Waals surface area contributed by atoms with Gasteiger partial charge in [-0.25, -0.2) is 0 Å². The summed E-state index contributed by atoms with van der Waals surface area (Å²) >= 11 is 0. The summed E-state index contributed by atoms with van der Waals surface area (Å²) in [6.45, 7) is 2.38. The normalized spacial score (nSPS) is 13.4. The molecule has 0 bridgehead atoms. The molecule has 0 unspecified atom stereocenters. The Kier molecular flexibility index (Phi) is 8.02. The fourth-order valence-electron chi connectivity index (χ4n) is 5.62. The fraction of sp³-hybridized carbons (Fsp3) is 0.111. The maximum absolute atomic E-state index is 13.7. The zero-order valence-electron chi connectivity index (χ0n) is 23.9. The second kappa shape index (κ2) is 12.5. The third kappa shape index (κ3) is 5.72. The third-order valence-electron chi connectivity index (χ3n) is 7.80. The van der Waals surface area contributed by atoms with Crippen molar-refractivity contribution in [3.8, 4) is 34.3 Å². The number of nitro benzene ring substituents is 1. The number of non-ortho nitro benzene ring substituents is 1. The van der Waals surface area contributed by atoms with Crippen LogP contribution in [0.2, 0.25) is 0 Å². The minimum Gasteiger partial charge on any atom is -0.368 e. The number of amides is 1. The Bertz CT molecular complexity index is 1850. The van der Waals surface area contributed by atoms with Gasteiger partial charge in [-0.2, -0.15) is 5.26 Å². The number of carbonyl (C=O) groups excluding carboxylic acids is 1. The van der Waals surface area contributed by atoms with E-state index in [1.807, 2.05) is 89.5 Å². The van der Waals surface area contributed by atoms with Gasteiger partial charge in [0.2, 0.25) is 0 Å². The molecule has 0 spiro atoms. The average Bonchev–Trinajstić information content (AvgIpc) is 3.47. The minimum atomic E-state index is -0.422. The summed E-state index contributed by atoms with van der Waals surface area (Å²) < 4.78 is 2.03. The lowest BCUT2D eigenvalue weighted by Crippen LogP contribution is -2.49. The maximum Gasteiger partial charge on any atom is 0.269 e. The summed E-state index contributed by atoms with van der Waals surface area (Å²) in [6, 6.07) is 40.2. The van der Waals surface area contributed by atoms with Gasteiger partial charge in [0.1, 0.15) is 11.6 Å². The summed E-state index contributed by atoms with van der Waals surface area (Å²) in [6.07, 6.45) is 1.67. The average molecular weight is 580 g/mol. The highest BCUT2D eigenvalue weighted by atomic mass is 16.6. The van der Waals surface area contributed by atoms with Crippen LogP contribution >= 0.6 is 0 Å². The molecule has 2 heterocycles. The largest absolute Gasteiger partial charge is 0.368 e. The topological polar surface area (TPSA) is 95.4 Å². The molecule has 1 aromatic heterocycles. The van der Waals surface area contributed by atoms with Crippen LogP contribution < -0.4 is 4.90 Å². The smallest absolute Gasteiger partial charge is 0.269 e. The first-order chi connectivity index (χ1) is 21.5. The van der Waals surface area contributed by atoms with Gasteiger partial charge >= 0.3 is 0 Å². The van der Waals surface area contributed by atoms with E-state index in [2.05, 4.69) is 23.1 Å². The number of piperazine rings is 1. The van der Waals surface area contributed by atoms with Crippen molar-refractivity contribution in [2.75, 3.05) is 31.1 Å². The van der Waals surface area contributed by atoms with Crippen LogP contribution in [0.1, 0.15) is 5.56 Å². The van der Waals surface area contributed by atoms with Gasteiger partial charge in [-0.1, -0.05) is 78.9 Å². The molecular formula is C36H29N5O3. The number of nitro groups is 1. The predicted octanol–water partition coefficient (Wildman–Crippen LogP) is 6.98. The van der Waals surface area contributed by atoms with Gasteiger partial charge in [0, 0.05) is 55.2 Å². The van der Waals surface area contributed by atoms with Gasteiger partial charge in [0.25, 0.3) is 11.6 Å². The van der Waals surface area contributed by atoms with E-state index in [1.165, 1.54) is 12.1 Å². The van der Waals surface area contributed by atoms with Crippen LogP contribution in [0, 0.1) is 21.4 Å². The molecule has 0 saturated carbocycles. The van der Waals surface area contributed by atoms with Gasteiger partial charge in [-0.15, -0.1) is 0 Å². The van der Waals surface area contributed by atoms with Crippen LogP contribution in [0.3, 0.4) is 0 Å². The van der Waals surface area contributed by atoms with E-state index in [9.17, 15) is 20.2 Å². The van der Waals surface area contributed by atoms with Crippen molar-refractivity contribution >= 4 is 23.4 Å². The van der Waals surface area contributed by atoms with E-state index >= 15 is 0 Å². The van der Waals surface area contributed by atoms with E-state index in [1.54, 1.807) is 23.1 Å². The molecule has 0 atom stereocenters. The number of carbonyl (C=O) groups is 1. The summed E-state index contributed by atoms with van der Waals surface area (Å²) in [7, 11) is 0. The van der Waals surface area contributed by atoms with Crippen LogP contribution in [0.25, 0.3) is 34.3 Å². The highest BCUT2D eigenvalue weighted by Gasteiger charge is 2.26. The molecule has 0 N–H and O–H groups in total. The molecule has 0 aliphatic carbocycles. The lowest BCUT2D eigenvalue weighted by molar-refractivity contribution is -0.384. The number of hydrogen-bond donors (Lipinski definition) is 0. The zero-order chi connectivity index (χ0) is 30.5. The molecule has 1 aliphatic rings. The molecule has 8 heteroatoms. The number of anilines is 1. The molecule has 0 radical (unpaired) electrons. The van der Waals surface area contributed by atoms with Crippen molar-refractivity contribution < 1.29 is 9.72 Å². The SMILES string of the molecule is N#C/C(=C\c1cc(-c2ccccc2)n(-c2ccc([N+](=O)[O-])cc2)c1-c1ccccc1)C(=O)N1CCN(c2ccccc2)CC1. The number of hydrogen-bond acceptors (Lipinski definition) is 5. The molecule has 6 rings (SSSR count). The molecule has 1 amide bonds. The van der Waals surface area contributed by atoms with Crippen LogP contribution in [-0.4, -0.2) is 46.5 Å². The molecule has 8 nitrogen and oxygen atoms in total. The van der Waals surface area contributed by atoms with Crippen molar-refractivity contribution in [1.82, 2.24) is 9.47 Å². The Morgan fingerprint density at radius 2 is 1.32 bits per heavy atom. The van der Waals surface area contributed by atoms with Gasteiger partial charge in [0.15, 0.2) is 0 Å². The van der Waals surface area contributed by atoms with Gasteiger partial charge in [-0.05, 0) is 47.5 Å². The Balaban J connectivity index is 1.43. The number of aromatic nitrogens is 1. The summed E-state index contributed by atoms with van der Waals surface area (Å²) in [5, 5.41) is 21.6. The van der Waals surface area contributed by atoms with Crippen molar-refractivity contribution in [2.24, 2.45) is 0 Å². The van der Waals surface area contributed by atoms with E-state index in [-0.39, 0.29) is 17.2 Å². The van der Waals surface area contributed by atoms with Crippen LogP contribution in [0.4, 0.5) is 11.4 Å². The number of nitrogens with zero attached hydrogens (tertiary/aromatic N) is 5. The Hall–Kier alpha value is -5.94. The van der Waals surface area contributed by atoms with Crippen LogP contribution in [-0.2, 0) is 4.79 Å². The Labute approximate surface area is 255 Å². The summed E-state index contributed by atoms with van der Waals surface area (Å²) in [4.78, 5) is 28.6. The summed E-state index contributed by atoms with van der Waals surface area (Å²) in [5.41, 5.74) is 5.97. The quantitative estimate of drug-likeness (QED) is 0.0898. The molecule has 1 saturated heterocycles. The van der Waals surface area contributed by atoms with Crippen LogP contribution in [0.15, 0.2) is 127 Å².